The molecule has 2 saturated heterocycles. The van der Waals surface area contributed by atoms with E-state index >= 15 is 4.39 Å². The zero-order chi connectivity index (χ0) is 23.1. The van der Waals surface area contributed by atoms with E-state index in [-0.39, 0.29) is 42.3 Å². The molecule has 3 heterocycles. The number of amides is 3. The fraction of sp³-hybridized carbons (Fsp3) is 0.400. The molecule has 0 radical (unpaired) electrons. The quantitative estimate of drug-likeness (QED) is 0.698. The molecule has 3 aliphatic rings. The number of rotatable bonds is 4. The summed E-state index contributed by atoms with van der Waals surface area (Å²) in [4.78, 5) is 40.3. The third-order valence-electron chi connectivity index (χ3n) is 7.01. The third-order valence-corrected chi connectivity index (χ3v) is 7.01. The monoisotopic (exact) mass is 451 g/mol. The van der Waals surface area contributed by atoms with Crippen molar-refractivity contribution in [2.45, 2.75) is 50.7 Å². The minimum atomic E-state index is -0.697. The first-order valence-electron chi connectivity index (χ1n) is 11.4. The van der Waals surface area contributed by atoms with Crippen LogP contribution in [0.4, 0.5) is 4.39 Å². The molecule has 2 fully saturated rings. The second-order valence-corrected chi connectivity index (χ2v) is 9.15. The number of nitrogens with one attached hydrogen (secondary N) is 1. The predicted octanol–water partition coefficient (Wildman–Crippen LogP) is 2.67. The molecular weight excluding hydrogens is 425 g/mol. The van der Waals surface area contributed by atoms with Crippen LogP contribution >= 0.6 is 0 Å². The maximum Gasteiger partial charge on any atom is 0.255 e. The number of nitrogens with zero attached hydrogens (tertiary/aromatic N) is 2. The molecule has 0 bridgehead atoms. The number of carbonyl (C=O) groups excluding carboxylic acids is 3. The number of benzene rings is 2. The minimum Gasteiger partial charge on any atom is -0.508 e. The van der Waals surface area contributed by atoms with Gasteiger partial charge in [-0.3, -0.25) is 24.6 Å². The van der Waals surface area contributed by atoms with Crippen LogP contribution in [0, 0.1) is 5.82 Å². The second-order valence-electron chi connectivity index (χ2n) is 9.15. The predicted molar refractivity (Wildman–Crippen MR) is 118 cm³/mol. The van der Waals surface area contributed by atoms with Crippen LogP contribution in [-0.4, -0.2) is 51.8 Å². The van der Waals surface area contributed by atoms with Crippen LogP contribution in [0.25, 0.3) is 0 Å². The number of piperidine rings is 2. The highest BCUT2D eigenvalue weighted by Crippen LogP contribution is 2.35. The van der Waals surface area contributed by atoms with Crippen LogP contribution < -0.4 is 5.32 Å². The number of phenols is 1. The summed E-state index contributed by atoms with van der Waals surface area (Å²) in [7, 11) is 0. The Morgan fingerprint density at radius 3 is 2.45 bits per heavy atom. The van der Waals surface area contributed by atoms with Crippen molar-refractivity contribution in [3.8, 4) is 5.75 Å². The summed E-state index contributed by atoms with van der Waals surface area (Å²) in [5.74, 6) is -1.19. The molecule has 5 rings (SSSR count). The van der Waals surface area contributed by atoms with E-state index in [2.05, 4.69) is 10.2 Å². The maximum absolute atomic E-state index is 15.0. The minimum absolute atomic E-state index is 0.0751. The molecule has 8 heteroatoms. The van der Waals surface area contributed by atoms with Gasteiger partial charge in [-0.15, -0.1) is 0 Å². The van der Waals surface area contributed by atoms with Crippen LogP contribution in [0.5, 0.6) is 5.75 Å². The first kappa shape index (κ1) is 21.6. The Balaban J connectivity index is 1.26. The third kappa shape index (κ3) is 4.23. The molecule has 0 spiro atoms. The molecule has 2 aromatic rings. The Hall–Kier alpha value is -3.26. The van der Waals surface area contributed by atoms with E-state index in [1.807, 2.05) is 12.1 Å². The van der Waals surface area contributed by atoms with Gasteiger partial charge in [0.2, 0.25) is 11.8 Å². The SMILES string of the molecule is O=C1CCC(N2Cc3cc(C4CCN(Cc5ccc(O)cc5)CC4)c(F)cc3C2=O)C(=O)N1. The second kappa shape index (κ2) is 8.59. The molecule has 2 aromatic carbocycles. The van der Waals surface area contributed by atoms with Gasteiger partial charge >= 0.3 is 0 Å². The highest BCUT2D eigenvalue weighted by atomic mass is 19.1. The van der Waals surface area contributed by atoms with Gasteiger partial charge in [-0.2, -0.15) is 0 Å². The smallest absolute Gasteiger partial charge is 0.255 e. The van der Waals surface area contributed by atoms with Crippen molar-refractivity contribution >= 4 is 17.7 Å². The topological polar surface area (TPSA) is 90.0 Å². The lowest BCUT2D eigenvalue weighted by Crippen LogP contribution is -2.52. The number of aromatic hydroxyl groups is 1. The van der Waals surface area contributed by atoms with Gasteiger partial charge in [-0.25, -0.2) is 4.39 Å². The molecular formula is C25H26FN3O4. The number of halogens is 1. The van der Waals surface area contributed by atoms with Crippen LogP contribution in [0.3, 0.4) is 0 Å². The lowest BCUT2D eigenvalue weighted by atomic mass is 9.87. The molecule has 0 aliphatic carbocycles. The zero-order valence-electron chi connectivity index (χ0n) is 18.2. The van der Waals surface area contributed by atoms with Crippen LogP contribution in [0.15, 0.2) is 36.4 Å². The summed E-state index contributed by atoms with van der Waals surface area (Å²) in [5.41, 5.74) is 2.82. The fourth-order valence-electron chi connectivity index (χ4n) is 5.18. The van der Waals surface area contributed by atoms with Gasteiger partial charge < -0.3 is 10.0 Å². The van der Waals surface area contributed by atoms with Crippen molar-refractivity contribution in [2.24, 2.45) is 0 Å². The van der Waals surface area contributed by atoms with Gasteiger partial charge in [-0.05, 0) is 73.2 Å². The van der Waals surface area contributed by atoms with E-state index in [9.17, 15) is 19.5 Å². The summed E-state index contributed by atoms with van der Waals surface area (Å²) in [5, 5.41) is 11.7. The highest BCUT2D eigenvalue weighted by Gasteiger charge is 2.40. The largest absolute Gasteiger partial charge is 0.508 e. The molecule has 172 valence electrons. The van der Waals surface area contributed by atoms with Crippen molar-refractivity contribution in [2.75, 3.05) is 13.1 Å². The van der Waals surface area contributed by atoms with Crippen molar-refractivity contribution in [1.29, 1.82) is 0 Å². The van der Waals surface area contributed by atoms with Crippen LogP contribution in [0.2, 0.25) is 0 Å². The Bertz CT molecular complexity index is 1110. The maximum atomic E-state index is 15.0. The van der Waals surface area contributed by atoms with Crippen molar-refractivity contribution in [3.05, 3.63) is 64.5 Å². The number of carbonyl (C=O) groups is 3. The van der Waals surface area contributed by atoms with E-state index < -0.39 is 11.9 Å². The standard InChI is InChI=1S/C25H26FN3O4/c26-21-12-20-17(14-29(25(20)33)22-5-6-23(31)27-24(22)32)11-19(21)16-7-9-28(10-8-16)13-15-1-3-18(30)4-2-15/h1-4,11-12,16,22,30H,5-10,13-14H2,(H,27,31,32). The lowest BCUT2D eigenvalue weighted by molar-refractivity contribution is -0.136. The van der Waals surface area contributed by atoms with Crippen LogP contribution in [-0.2, 0) is 22.7 Å². The van der Waals surface area contributed by atoms with Gasteiger partial charge in [0.15, 0.2) is 0 Å². The van der Waals surface area contributed by atoms with Gasteiger partial charge in [-0.1, -0.05) is 18.2 Å². The Morgan fingerprint density at radius 2 is 1.76 bits per heavy atom. The molecule has 0 aromatic heterocycles. The van der Waals surface area contributed by atoms with Gasteiger partial charge in [0.1, 0.15) is 17.6 Å². The number of fused-ring (bicyclic) bond motifs is 1. The molecule has 3 amide bonds. The summed E-state index contributed by atoms with van der Waals surface area (Å²) >= 11 is 0. The first-order valence-corrected chi connectivity index (χ1v) is 11.4. The molecule has 33 heavy (non-hydrogen) atoms. The average Bonchev–Trinajstić information content (AvgIpc) is 3.11. The zero-order valence-corrected chi connectivity index (χ0v) is 18.2. The van der Waals surface area contributed by atoms with E-state index in [1.165, 1.54) is 11.0 Å². The number of hydrogen-bond donors (Lipinski definition) is 2. The molecule has 2 N–H and O–H groups in total. The molecule has 1 atom stereocenters. The number of likely N-dealkylation sites (tertiary alicyclic amines) is 1. The van der Waals surface area contributed by atoms with Gasteiger partial charge in [0, 0.05) is 25.1 Å². The van der Waals surface area contributed by atoms with Gasteiger partial charge in [0.05, 0.1) is 0 Å². The molecule has 0 saturated carbocycles. The molecule has 3 aliphatic heterocycles. The Kier molecular flexibility index (Phi) is 5.62. The number of hydrogen-bond acceptors (Lipinski definition) is 5. The van der Waals surface area contributed by atoms with E-state index in [0.29, 0.717) is 17.5 Å². The van der Waals surface area contributed by atoms with Crippen molar-refractivity contribution in [1.82, 2.24) is 15.1 Å². The normalized spacial score (nSPS) is 21.9. The van der Waals surface area contributed by atoms with Crippen molar-refractivity contribution in [3.63, 3.8) is 0 Å². The number of phenolic OH excluding ortho intramolecular Hbond substituents is 1. The highest BCUT2D eigenvalue weighted by molar-refractivity contribution is 6.05. The fourth-order valence-corrected chi connectivity index (χ4v) is 5.18. The van der Waals surface area contributed by atoms with Crippen LogP contribution in [0.1, 0.15) is 58.6 Å². The van der Waals surface area contributed by atoms with E-state index in [0.717, 1.165) is 43.6 Å². The van der Waals surface area contributed by atoms with E-state index in [1.54, 1.807) is 18.2 Å². The average molecular weight is 451 g/mol. The van der Waals surface area contributed by atoms with E-state index in [4.69, 9.17) is 0 Å². The number of imide groups is 1. The summed E-state index contributed by atoms with van der Waals surface area (Å²) in [6.07, 6.45) is 2.12. The summed E-state index contributed by atoms with van der Waals surface area (Å²) < 4.78 is 15.0. The summed E-state index contributed by atoms with van der Waals surface area (Å²) in [6.45, 7) is 2.72. The molecule has 7 nitrogen and oxygen atoms in total. The Morgan fingerprint density at radius 1 is 1.03 bits per heavy atom. The van der Waals surface area contributed by atoms with Crippen molar-refractivity contribution < 1.29 is 23.9 Å². The lowest BCUT2D eigenvalue weighted by Gasteiger charge is -2.32. The molecule has 1 unspecified atom stereocenters. The van der Waals surface area contributed by atoms with Gasteiger partial charge in [0.25, 0.3) is 5.91 Å². The summed E-state index contributed by atoms with van der Waals surface area (Å²) in [6, 6.07) is 9.61. The first-order chi connectivity index (χ1) is 15.9. The Labute approximate surface area is 191 Å².